The molecule has 10 heteroatoms. The Hall–Kier alpha value is -1.18. The molecule has 3 aromatic rings. The van der Waals surface area contributed by atoms with Crippen molar-refractivity contribution in [3.63, 3.8) is 0 Å². The minimum absolute atomic E-state index is 0.0488. The van der Waals surface area contributed by atoms with Crippen LogP contribution in [0.4, 0.5) is 5.69 Å². The first-order valence-electron chi connectivity index (χ1n) is 5.52. The molecule has 6 nitrogen and oxygen atoms in total. The number of nitrogens with one attached hydrogen (secondary N) is 1. The molecule has 0 fully saturated rings. The van der Waals surface area contributed by atoms with Crippen LogP contribution < -0.4 is 4.72 Å². The summed E-state index contributed by atoms with van der Waals surface area (Å²) in [6.45, 7) is 0. The van der Waals surface area contributed by atoms with E-state index in [-0.39, 0.29) is 30.0 Å². The molecule has 1 N–H and O–H groups in total. The van der Waals surface area contributed by atoms with Gasteiger partial charge in [0.15, 0.2) is 0 Å². The van der Waals surface area contributed by atoms with Gasteiger partial charge in [0.2, 0.25) is 0 Å². The van der Waals surface area contributed by atoms with Crippen LogP contribution >= 0.6 is 23.2 Å². The van der Waals surface area contributed by atoms with Crippen LogP contribution in [0.1, 0.15) is 0 Å². The molecule has 0 unspecified atom stereocenters. The summed E-state index contributed by atoms with van der Waals surface area (Å²) < 4.78 is 35.6. The van der Waals surface area contributed by atoms with E-state index in [9.17, 15) is 8.42 Å². The number of pyridine rings is 1. The summed E-state index contributed by atoms with van der Waals surface area (Å²) in [5.41, 5.74) is 1.61. The third kappa shape index (κ3) is 2.90. The van der Waals surface area contributed by atoms with E-state index in [0.717, 1.165) is 6.20 Å². The summed E-state index contributed by atoms with van der Waals surface area (Å²) in [4.78, 5) is 3.66. The van der Waals surface area contributed by atoms with Crippen molar-refractivity contribution < 1.29 is 8.42 Å². The van der Waals surface area contributed by atoms with Crippen molar-refractivity contribution in [3.8, 4) is 0 Å². The van der Waals surface area contributed by atoms with Gasteiger partial charge in [-0.1, -0.05) is 0 Å². The fraction of sp³-hybridized carbons (Fsp3) is 0. The summed E-state index contributed by atoms with van der Waals surface area (Å²) in [6.07, 6.45) is 1.14. The summed E-state index contributed by atoms with van der Waals surface area (Å²) in [5, 5.41) is 0.119. The van der Waals surface area contributed by atoms with Gasteiger partial charge in [0, 0.05) is 0 Å². The number of aromatic nitrogens is 3. The van der Waals surface area contributed by atoms with Gasteiger partial charge >= 0.3 is 137 Å². The molecule has 0 bridgehead atoms. The third-order valence-electron chi connectivity index (χ3n) is 2.61. The Morgan fingerprint density at radius 2 is 2.00 bits per heavy atom. The van der Waals surface area contributed by atoms with E-state index in [2.05, 4.69) is 17.7 Å². The Kier molecular flexibility index (Phi) is 3.90. The zero-order chi connectivity index (χ0) is 15.0. The van der Waals surface area contributed by atoms with Gasteiger partial charge in [0.1, 0.15) is 0 Å². The van der Waals surface area contributed by atoms with Crippen molar-refractivity contribution in [3.05, 3.63) is 40.6 Å². The van der Waals surface area contributed by atoms with Gasteiger partial charge in [0.25, 0.3) is 0 Å². The first-order valence-corrected chi connectivity index (χ1v) is 9.30. The number of benzene rings is 1. The van der Waals surface area contributed by atoms with E-state index >= 15 is 0 Å². The van der Waals surface area contributed by atoms with E-state index < -0.39 is 10.0 Å². The molecule has 1 aromatic carbocycles. The number of halogens is 2. The standard InChI is InChI=1S/C11H6Cl2N4O2SSe/c12-7-4-6(5-14-11(7)13)20(18,19)15-8-2-1-3-9-10(8)17-21-16-9/h1-5,15H. The molecule has 0 spiro atoms. The molecule has 0 aliphatic rings. The second kappa shape index (κ2) is 5.55. The maximum atomic E-state index is 12.3. The molecule has 21 heavy (non-hydrogen) atoms. The zero-order valence-electron chi connectivity index (χ0n) is 10.1. The third-order valence-corrected chi connectivity index (χ3v) is 5.77. The molecule has 2 aromatic heterocycles. The van der Waals surface area contributed by atoms with Crippen LogP contribution in [-0.4, -0.2) is 36.3 Å². The fourth-order valence-corrected chi connectivity index (χ4v) is 4.17. The molecule has 2 heterocycles. The van der Waals surface area contributed by atoms with Crippen LogP contribution in [0.15, 0.2) is 35.4 Å². The summed E-state index contributed by atoms with van der Waals surface area (Å²) in [5.74, 6) is 0. The Bertz CT molecular complexity index is 929. The SMILES string of the molecule is O=S(=O)(Nc1cccc2n[se]nc12)c1cnc(Cl)c(Cl)c1. The number of fused-ring (bicyclic) bond motifs is 1. The molecule has 0 aliphatic heterocycles. The molecular weight excluding hydrogens is 402 g/mol. The molecule has 0 saturated carbocycles. The summed E-state index contributed by atoms with van der Waals surface area (Å²) in [6, 6.07) is 6.37. The number of nitrogens with zero attached hydrogens (tertiary/aromatic N) is 3. The van der Waals surface area contributed by atoms with Crippen LogP contribution in [0.2, 0.25) is 10.2 Å². The Morgan fingerprint density at radius 3 is 2.76 bits per heavy atom. The molecule has 0 amide bonds. The van der Waals surface area contributed by atoms with Gasteiger partial charge in [-0.3, -0.25) is 0 Å². The quantitative estimate of drug-likeness (QED) is 0.531. The Labute approximate surface area is 136 Å². The molecular formula is C11H6Cl2N4O2SSe. The van der Waals surface area contributed by atoms with Gasteiger partial charge in [-0.15, -0.1) is 0 Å². The van der Waals surface area contributed by atoms with Gasteiger partial charge in [-0.05, 0) is 0 Å². The van der Waals surface area contributed by atoms with Gasteiger partial charge in [0.05, 0.1) is 0 Å². The summed E-state index contributed by atoms with van der Waals surface area (Å²) in [7, 11) is -3.82. The van der Waals surface area contributed by atoms with Crippen molar-refractivity contribution >= 4 is 64.9 Å². The van der Waals surface area contributed by atoms with E-state index in [1.165, 1.54) is 6.07 Å². The van der Waals surface area contributed by atoms with Crippen molar-refractivity contribution in [2.75, 3.05) is 4.72 Å². The maximum absolute atomic E-state index is 12.3. The van der Waals surface area contributed by atoms with Crippen molar-refractivity contribution in [1.82, 2.24) is 12.9 Å². The van der Waals surface area contributed by atoms with E-state index in [1.54, 1.807) is 18.2 Å². The van der Waals surface area contributed by atoms with E-state index in [4.69, 9.17) is 23.2 Å². The molecule has 3 rings (SSSR count). The van der Waals surface area contributed by atoms with Gasteiger partial charge in [-0.25, -0.2) is 0 Å². The topological polar surface area (TPSA) is 84.8 Å². The van der Waals surface area contributed by atoms with Crippen LogP contribution in [-0.2, 0) is 10.0 Å². The average Bonchev–Trinajstić information content (AvgIpc) is 2.91. The van der Waals surface area contributed by atoms with Crippen LogP contribution in [0, 0.1) is 0 Å². The normalized spacial score (nSPS) is 11.7. The van der Waals surface area contributed by atoms with E-state index in [0.29, 0.717) is 16.7 Å². The minimum atomic E-state index is -3.82. The number of rotatable bonds is 3. The second-order valence-electron chi connectivity index (χ2n) is 3.99. The Morgan fingerprint density at radius 1 is 1.19 bits per heavy atom. The van der Waals surface area contributed by atoms with Crippen molar-refractivity contribution in [2.45, 2.75) is 4.90 Å². The predicted octanol–water partition coefficient (Wildman–Crippen LogP) is 2.19. The molecule has 0 saturated heterocycles. The first kappa shape index (κ1) is 14.7. The molecule has 0 radical (unpaired) electrons. The first-order chi connectivity index (χ1) is 9.97. The predicted molar refractivity (Wildman–Crippen MR) is 81.5 cm³/mol. The summed E-state index contributed by atoms with van der Waals surface area (Å²) >= 11 is 11.2. The number of sulfonamides is 1. The van der Waals surface area contributed by atoms with Crippen molar-refractivity contribution in [2.24, 2.45) is 0 Å². The van der Waals surface area contributed by atoms with Gasteiger partial charge < -0.3 is 0 Å². The van der Waals surface area contributed by atoms with E-state index in [1.807, 2.05) is 0 Å². The monoisotopic (exact) mass is 408 g/mol. The zero-order valence-corrected chi connectivity index (χ0v) is 14.2. The number of hydrogen-bond donors (Lipinski definition) is 1. The second-order valence-corrected chi connectivity index (χ2v) is 7.54. The molecule has 0 atom stereocenters. The fourth-order valence-electron chi connectivity index (χ4n) is 1.64. The number of hydrogen-bond acceptors (Lipinski definition) is 5. The van der Waals surface area contributed by atoms with Crippen LogP contribution in [0.25, 0.3) is 11.0 Å². The average molecular weight is 408 g/mol. The molecule has 0 aliphatic carbocycles. The number of anilines is 1. The van der Waals surface area contributed by atoms with Gasteiger partial charge in [-0.2, -0.15) is 0 Å². The van der Waals surface area contributed by atoms with Crippen molar-refractivity contribution in [1.29, 1.82) is 0 Å². The Balaban J connectivity index is 2.03. The molecule has 108 valence electrons. The van der Waals surface area contributed by atoms with Crippen LogP contribution in [0.5, 0.6) is 0 Å². The van der Waals surface area contributed by atoms with Crippen LogP contribution in [0.3, 0.4) is 0 Å².